The summed E-state index contributed by atoms with van der Waals surface area (Å²) >= 11 is 0. The van der Waals surface area contributed by atoms with Crippen LogP contribution in [-0.2, 0) is 0 Å². The van der Waals surface area contributed by atoms with Crippen LogP contribution >= 0.6 is 0 Å². The number of fused-ring (bicyclic) bond motifs is 3. The van der Waals surface area contributed by atoms with E-state index in [9.17, 15) is 0 Å². The molecule has 0 unspecified atom stereocenters. The Balaban J connectivity index is 1.82. The van der Waals surface area contributed by atoms with Crippen LogP contribution in [0, 0.1) is 32.1 Å². The number of nitriles is 1. The van der Waals surface area contributed by atoms with Crippen LogP contribution in [0.4, 0.5) is 5.82 Å². The largest absolute Gasteiger partial charge is 0.345 e. The first-order valence-corrected chi connectivity index (χ1v) is 8.66. The topological polar surface area (TPSA) is 74.5 Å². The Morgan fingerprint density at radius 1 is 1.12 bits per heavy atom. The molecule has 3 aromatic heterocycles. The van der Waals surface area contributed by atoms with Gasteiger partial charge in [-0.05, 0) is 32.4 Å². The van der Waals surface area contributed by atoms with Crippen LogP contribution in [0.3, 0.4) is 0 Å². The molecule has 1 fully saturated rings. The van der Waals surface area contributed by atoms with Crippen LogP contribution in [0.5, 0.6) is 0 Å². The van der Waals surface area contributed by atoms with Gasteiger partial charge in [-0.2, -0.15) is 9.78 Å². The van der Waals surface area contributed by atoms with Gasteiger partial charge in [0.2, 0.25) is 0 Å². The number of anilines is 1. The number of rotatable bonds is 2. The molecule has 3 aromatic rings. The second-order valence-electron chi connectivity index (χ2n) is 6.84. The Morgan fingerprint density at radius 3 is 2.56 bits per heavy atom. The zero-order valence-electron chi connectivity index (χ0n) is 14.9. The van der Waals surface area contributed by atoms with Crippen LogP contribution in [0.15, 0.2) is 12.1 Å². The van der Waals surface area contributed by atoms with Crippen molar-refractivity contribution in [2.24, 2.45) is 0 Å². The van der Waals surface area contributed by atoms with E-state index in [-0.39, 0.29) is 0 Å². The molecule has 0 radical (unpaired) electrons. The third kappa shape index (κ3) is 2.68. The number of hydrogen-bond donors (Lipinski definition) is 1. The molecule has 1 aliphatic heterocycles. The summed E-state index contributed by atoms with van der Waals surface area (Å²) in [7, 11) is 0. The minimum absolute atomic E-state index is 0.576. The Kier molecular flexibility index (Phi) is 3.77. The van der Waals surface area contributed by atoms with Gasteiger partial charge >= 0.3 is 0 Å². The van der Waals surface area contributed by atoms with Gasteiger partial charge in [-0.3, -0.25) is 0 Å². The second kappa shape index (κ2) is 5.97. The Morgan fingerprint density at radius 2 is 1.84 bits per heavy atom. The summed E-state index contributed by atoms with van der Waals surface area (Å²) in [5, 5.41) is 14.7. The Bertz CT molecular complexity index is 990. The normalized spacial score (nSPS) is 15.8. The summed E-state index contributed by atoms with van der Waals surface area (Å²) < 4.78 is 1.94. The van der Waals surface area contributed by atoms with E-state index in [4.69, 9.17) is 15.3 Å². The summed E-state index contributed by atoms with van der Waals surface area (Å²) in [6, 6.07) is 6.44. The molecule has 0 spiro atoms. The average Bonchev–Trinajstić information content (AvgIpc) is 2.93. The number of hydrogen-bond acceptors (Lipinski definition) is 5. The Labute approximate surface area is 146 Å². The van der Waals surface area contributed by atoms with Gasteiger partial charge in [0.25, 0.3) is 0 Å². The molecule has 1 aliphatic rings. The van der Waals surface area contributed by atoms with Crippen LogP contribution < -0.4 is 9.80 Å². The molecule has 0 bridgehead atoms. The van der Waals surface area contributed by atoms with Crippen LogP contribution in [0.1, 0.15) is 17.0 Å². The zero-order chi connectivity index (χ0) is 17.6. The van der Waals surface area contributed by atoms with Crippen molar-refractivity contribution in [3.63, 3.8) is 0 Å². The minimum atomic E-state index is 0.576. The van der Waals surface area contributed by atoms with E-state index in [1.807, 2.05) is 18.4 Å². The fourth-order valence-electron chi connectivity index (χ4n) is 3.69. The van der Waals surface area contributed by atoms with Crippen LogP contribution in [0.25, 0.3) is 16.7 Å². The van der Waals surface area contributed by atoms with E-state index >= 15 is 0 Å². The number of piperazine rings is 1. The highest BCUT2D eigenvalue weighted by Gasteiger charge is 2.23. The number of nitrogens with one attached hydrogen (secondary N) is 1. The van der Waals surface area contributed by atoms with E-state index in [0.29, 0.717) is 6.54 Å². The lowest BCUT2D eigenvalue weighted by molar-refractivity contribution is -0.893. The third-order valence-electron chi connectivity index (χ3n) is 4.91. The minimum Gasteiger partial charge on any atom is -0.345 e. The van der Waals surface area contributed by atoms with Crippen molar-refractivity contribution < 1.29 is 4.90 Å². The lowest BCUT2D eigenvalue weighted by atomic mass is 10.2. The van der Waals surface area contributed by atoms with E-state index in [0.717, 1.165) is 65.6 Å². The molecular weight excluding hydrogens is 314 g/mol. The number of aryl methyl sites for hydroxylation is 3. The van der Waals surface area contributed by atoms with Gasteiger partial charge in [-0.25, -0.2) is 9.97 Å². The molecule has 4 heterocycles. The highest BCUT2D eigenvalue weighted by Crippen LogP contribution is 2.26. The Hall–Kier alpha value is -2.72. The van der Waals surface area contributed by atoms with Crippen LogP contribution in [-0.4, -0.2) is 52.3 Å². The summed E-state index contributed by atoms with van der Waals surface area (Å²) in [5.41, 5.74) is 4.74. The number of quaternary nitrogens is 1. The molecular formula is C18H22N7+. The van der Waals surface area contributed by atoms with E-state index < -0.39 is 0 Å². The van der Waals surface area contributed by atoms with Gasteiger partial charge in [0.1, 0.15) is 11.9 Å². The highest BCUT2D eigenvalue weighted by atomic mass is 15.4. The first-order valence-electron chi connectivity index (χ1n) is 8.66. The van der Waals surface area contributed by atoms with Gasteiger partial charge in [0, 0.05) is 17.5 Å². The molecule has 128 valence electrons. The SMILES string of the molecule is Cc1cc(C)c2c(n1)nn1c(N3CC[NH+](CC#N)CC3)cc(C)nc21. The second-order valence-corrected chi connectivity index (χ2v) is 6.84. The van der Waals surface area contributed by atoms with Crippen molar-refractivity contribution in [3.05, 3.63) is 29.1 Å². The summed E-state index contributed by atoms with van der Waals surface area (Å²) in [6.45, 7) is 10.4. The van der Waals surface area contributed by atoms with E-state index in [2.05, 4.69) is 35.0 Å². The standard InChI is InChI=1S/C18H21N7/c1-12-10-13(2)20-17-16(12)18-21-14(3)11-15(25(18)22-17)24-8-6-23(5-4-19)7-9-24/h10-11H,5-9H2,1-3H3/p+1. The van der Waals surface area contributed by atoms with Gasteiger partial charge in [0.05, 0.1) is 31.6 Å². The van der Waals surface area contributed by atoms with E-state index in [1.54, 1.807) is 0 Å². The first kappa shape index (κ1) is 15.8. The van der Waals surface area contributed by atoms with Crippen molar-refractivity contribution in [2.45, 2.75) is 20.8 Å². The fraction of sp³-hybridized carbons (Fsp3) is 0.444. The summed E-state index contributed by atoms with van der Waals surface area (Å²) in [4.78, 5) is 13.0. The number of pyridine rings is 1. The maximum Gasteiger partial charge on any atom is 0.184 e. The van der Waals surface area contributed by atoms with Gasteiger partial charge < -0.3 is 9.80 Å². The molecule has 1 saturated heterocycles. The molecule has 4 rings (SSSR count). The van der Waals surface area contributed by atoms with Crippen molar-refractivity contribution in [2.75, 3.05) is 37.6 Å². The third-order valence-corrected chi connectivity index (χ3v) is 4.91. The molecule has 25 heavy (non-hydrogen) atoms. The average molecular weight is 336 g/mol. The quantitative estimate of drug-likeness (QED) is 0.687. The molecule has 7 nitrogen and oxygen atoms in total. The molecule has 0 amide bonds. The molecule has 0 aromatic carbocycles. The lowest BCUT2D eigenvalue weighted by Crippen LogP contribution is -3.14. The highest BCUT2D eigenvalue weighted by molar-refractivity contribution is 5.93. The molecule has 0 aliphatic carbocycles. The fourth-order valence-corrected chi connectivity index (χ4v) is 3.69. The van der Waals surface area contributed by atoms with Crippen molar-refractivity contribution in [3.8, 4) is 6.07 Å². The van der Waals surface area contributed by atoms with Crippen molar-refractivity contribution in [1.82, 2.24) is 19.6 Å². The monoisotopic (exact) mass is 336 g/mol. The van der Waals surface area contributed by atoms with Gasteiger partial charge in [0.15, 0.2) is 17.8 Å². The predicted molar refractivity (Wildman–Crippen MR) is 95.9 cm³/mol. The van der Waals surface area contributed by atoms with Gasteiger partial charge in [-0.1, -0.05) is 0 Å². The van der Waals surface area contributed by atoms with Crippen molar-refractivity contribution >= 4 is 22.5 Å². The first-order chi connectivity index (χ1) is 12.1. The van der Waals surface area contributed by atoms with Crippen LogP contribution in [0.2, 0.25) is 0 Å². The molecule has 7 heteroatoms. The smallest absolute Gasteiger partial charge is 0.184 e. The molecule has 0 saturated carbocycles. The summed E-state index contributed by atoms with van der Waals surface area (Å²) in [6.07, 6.45) is 0. The maximum atomic E-state index is 8.89. The molecule has 0 atom stereocenters. The number of nitrogens with zero attached hydrogens (tertiary/aromatic N) is 6. The number of aromatic nitrogens is 4. The predicted octanol–water partition coefficient (Wildman–Crippen LogP) is 0.431. The van der Waals surface area contributed by atoms with Gasteiger partial charge in [-0.15, -0.1) is 5.10 Å². The zero-order valence-corrected chi connectivity index (χ0v) is 14.9. The van der Waals surface area contributed by atoms with Crippen molar-refractivity contribution in [1.29, 1.82) is 5.26 Å². The lowest BCUT2D eigenvalue weighted by Gasteiger charge is -2.32. The summed E-state index contributed by atoms with van der Waals surface area (Å²) in [5.74, 6) is 1.06. The molecule has 1 N–H and O–H groups in total. The maximum absolute atomic E-state index is 8.89. The van der Waals surface area contributed by atoms with E-state index in [1.165, 1.54) is 4.90 Å².